The molecule has 0 aromatic heterocycles. The van der Waals surface area contributed by atoms with Gasteiger partial charge in [0.2, 0.25) is 0 Å². The fourth-order valence-electron chi connectivity index (χ4n) is 2.79. The number of carbonyl (C=O) groups is 3. The van der Waals surface area contributed by atoms with E-state index in [1.54, 1.807) is 42.5 Å². The molecular weight excluding hydrogens is 374 g/mol. The Balaban J connectivity index is 2.35. The molecule has 0 heterocycles. The summed E-state index contributed by atoms with van der Waals surface area (Å²) in [5.41, 5.74) is 0.828. The van der Waals surface area contributed by atoms with Crippen molar-refractivity contribution in [2.75, 3.05) is 26.8 Å². The van der Waals surface area contributed by atoms with E-state index in [1.807, 2.05) is 13.8 Å². The Labute approximate surface area is 169 Å². The number of carboxylic acids is 1. The van der Waals surface area contributed by atoms with Gasteiger partial charge in [0, 0.05) is 24.7 Å². The number of amides is 1. The highest BCUT2D eigenvalue weighted by atomic mass is 16.5. The first kappa shape index (κ1) is 21.9. The van der Waals surface area contributed by atoms with Crippen molar-refractivity contribution in [1.82, 2.24) is 4.90 Å². The minimum absolute atomic E-state index is 0.0498. The third-order valence-corrected chi connectivity index (χ3v) is 4.22. The molecule has 0 unspecified atom stereocenters. The maximum absolute atomic E-state index is 13.1. The maximum atomic E-state index is 13.1. The molecule has 0 aliphatic heterocycles. The predicted molar refractivity (Wildman–Crippen MR) is 108 cm³/mol. The van der Waals surface area contributed by atoms with Gasteiger partial charge in [0.05, 0.1) is 25.2 Å². The number of ether oxygens (including phenoxy) is 2. The minimum Gasteiger partial charge on any atom is -0.490 e. The Bertz CT molecular complexity index is 893. The quantitative estimate of drug-likeness (QED) is 0.617. The van der Waals surface area contributed by atoms with Crippen molar-refractivity contribution in [3.8, 4) is 11.5 Å². The SMILES string of the molecule is CCOc1ccc(C(=O)c2ccccc2C(=O)N(C)CCC(=O)O)cc1OCC. The Morgan fingerprint density at radius 1 is 0.931 bits per heavy atom. The maximum Gasteiger partial charge on any atom is 0.305 e. The highest BCUT2D eigenvalue weighted by Crippen LogP contribution is 2.30. The largest absolute Gasteiger partial charge is 0.490 e. The third kappa shape index (κ3) is 5.57. The molecule has 154 valence electrons. The molecule has 0 saturated heterocycles. The van der Waals surface area contributed by atoms with E-state index in [1.165, 1.54) is 11.9 Å². The zero-order chi connectivity index (χ0) is 21.4. The molecule has 1 amide bonds. The lowest BCUT2D eigenvalue weighted by Crippen LogP contribution is -2.30. The van der Waals surface area contributed by atoms with Crippen LogP contribution >= 0.6 is 0 Å². The fourth-order valence-corrected chi connectivity index (χ4v) is 2.79. The molecule has 0 saturated carbocycles. The van der Waals surface area contributed by atoms with Crippen LogP contribution in [0.4, 0.5) is 0 Å². The van der Waals surface area contributed by atoms with Crippen molar-refractivity contribution < 1.29 is 29.0 Å². The lowest BCUT2D eigenvalue weighted by atomic mass is 9.97. The summed E-state index contributed by atoms with van der Waals surface area (Å²) in [6.07, 6.45) is -0.172. The van der Waals surface area contributed by atoms with Crippen LogP contribution in [0.3, 0.4) is 0 Å². The second kappa shape index (κ2) is 10.3. The zero-order valence-corrected chi connectivity index (χ0v) is 16.8. The highest BCUT2D eigenvalue weighted by Gasteiger charge is 2.22. The van der Waals surface area contributed by atoms with Crippen LogP contribution in [0.2, 0.25) is 0 Å². The number of aliphatic carboxylic acids is 1. The smallest absolute Gasteiger partial charge is 0.305 e. The van der Waals surface area contributed by atoms with Gasteiger partial charge in [0.15, 0.2) is 17.3 Å². The molecule has 0 spiro atoms. The normalized spacial score (nSPS) is 10.3. The van der Waals surface area contributed by atoms with Crippen molar-refractivity contribution >= 4 is 17.7 Å². The molecule has 1 N–H and O–H groups in total. The number of hydrogen-bond donors (Lipinski definition) is 1. The monoisotopic (exact) mass is 399 g/mol. The number of ketones is 1. The number of rotatable bonds is 10. The first-order valence-corrected chi connectivity index (χ1v) is 9.39. The molecule has 0 radical (unpaired) electrons. The lowest BCUT2D eigenvalue weighted by Gasteiger charge is -2.18. The summed E-state index contributed by atoms with van der Waals surface area (Å²) in [4.78, 5) is 37.9. The topological polar surface area (TPSA) is 93.1 Å². The van der Waals surface area contributed by atoms with Crippen molar-refractivity contribution in [3.63, 3.8) is 0 Å². The molecular formula is C22H25NO6. The minimum atomic E-state index is -0.994. The predicted octanol–water partition coefficient (Wildman–Crippen LogP) is 3.26. The van der Waals surface area contributed by atoms with Gasteiger partial charge in [0.1, 0.15) is 0 Å². The molecule has 29 heavy (non-hydrogen) atoms. The summed E-state index contributed by atoms with van der Waals surface area (Å²) in [6.45, 7) is 4.63. The Hall–Kier alpha value is -3.35. The van der Waals surface area contributed by atoms with E-state index in [9.17, 15) is 14.4 Å². The van der Waals surface area contributed by atoms with Crippen molar-refractivity contribution in [3.05, 3.63) is 59.2 Å². The fraction of sp³-hybridized carbons (Fsp3) is 0.318. The van der Waals surface area contributed by atoms with E-state index in [0.29, 0.717) is 30.3 Å². The van der Waals surface area contributed by atoms with Gasteiger partial charge < -0.3 is 19.5 Å². The first-order chi connectivity index (χ1) is 13.9. The van der Waals surface area contributed by atoms with Crippen LogP contribution in [0.25, 0.3) is 0 Å². The second-order valence-electron chi connectivity index (χ2n) is 6.27. The van der Waals surface area contributed by atoms with E-state index in [4.69, 9.17) is 14.6 Å². The van der Waals surface area contributed by atoms with Crippen LogP contribution in [0.1, 0.15) is 46.5 Å². The van der Waals surface area contributed by atoms with E-state index >= 15 is 0 Å². The Morgan fingerprint density at radius 3 is 2.17 bits per heavy atom. The van der Waals surface area contributed by atoms with Gasteiger partial charge in [-0.3, -0.25) is 14.4 Å². The number of hydrogen-bond acceptors (Lipinski definition) is 5. The summed E-state index contributed by atoms with van der Waals surface area (Å²) < 4.78 is 11.1. The molecule has 0 atom stereocenters. The molecule has 0 aliphatic rings. The van der Waals surface area contributed by atoms with Crippen molar-refractivity contribution in [1.29, 1.82) is 0 Å². The van der Waals surface area contributed by atoms with Crippen molar-refractivity contribution in [2.45, 2.75) is 20.3 Å². The van der Waals surface area contributed by atoms with E-state index in [0.717, 1.165) is 0 Å². The Kier molecular flexibility index (Phi) is 7.77. The first-order valence-electron chi connectivity index (χ1n) is 9.39. The Morgan fingerprint density at radius 2 is 1.55 bits per heavy atom. The summed E-state index contributed by atoms with van der Waals surface area (Å²) in [7, 11) is 1.51. The van der Waals surface area contributed by atoms with Crippen LogP contribution in [0, 0.1) is 0 Å². The zero-order valence-electron chi connectivity index (χ0n) is 16.8. The number of nitrogens with zero attached hydrogens (tertiary/aromatic N) is 1. The second-order valence-corrected chi connectivity index (χ2v) is 6.27. The molecule has 0 bridgehead atoms. The number of benzene rings is 2. The summed E-state index contributed by atoms with van der Waals surface area (Å²) in [6, 6.07) is 11.4. The lowest BCUT2D eigenvalue weighted by molar-refractivity contribution is -0.137. The van der Waals surface area contributed by atoms with Gasteiger partial charge in [-0.2, -0.15) is 0 Å². The average Bonchev–Trinajstić information content (AvgIpc) is 2.72. The summed E-state index contributed by atoms with van der Waals surface area (Å²) >= 11 is 0. The molecule has 0 aliphatic carbocycles. The van der Waals surface area contributed by atoms with Gasteiger partial charge in [-0.05, 0) is 38.1 Å². The summed E-state index contributed by atoms with van der Waals surface area (Å²) in [5, 5.41) is 8.82. The van der Waals surface area contributed by atoms with Crippen molar-refractivity contribution in [2.24, 2.45) is 0 Å². The number of carbonyl (C=O) groups excluding carboxylic acids is 2. The summed E-state index contributed by atoms with van der Waals surface area (Å²) in [5.74, 6) is -0.728. The van der Waals surface area contributed by atoms with E-state index in [-0.39, 0.29) is 29.9 Å². The van der Waals surface area contributed by atoms with Gasteiger partial charge in [-0.25, -0.2) is 0 Å². The third-order valence-electron chi connectivity index (χ3n) is 4.22. The van der Waals surface area contributed by atoms with Crippen LogP contribution in [0.15, 0.2) is 42.5 Å². The highest BCUT2D eigenvalue weighted by molar-refractivity contribution is 6.15. The number of carboxylic acid groups (broad SMARTS) is 1. The molecule has 2 aromatic rings. The molecule has 7 nitrogen and oxygen atoms in total. The molecule has 2 aromatic carbocycles. The van der Waals surface area contributed by atoms with E-state index in [2.05, 4.69) is 0 Å². The standard InChI is InChI=1S/C22H25NO6/c1-4-28-18-11-10-15(14-19(18)29-5-2)21(26)16-8-6-7-9-17(16)22(27)23(3)13-12-20(24)25/h6-11,14H,4-5,12-13H2,1-3H3,(H,24,25). The van der Waals surface area contributed by atoms with Crippen LogP contribution < -0.4 is 9.47 Å². The van der Waals surface area contributed by atoms with Gasteiger partial charge >= 0.3 is 5.97 Å². The van der Waals surface area contributed by atoms with Gasteiger partial charge in [0.25, 0.3) is 5.91 Å². The van der Waals surface area contributed by atoms with E-state index < -0.39 is 11.9 Å². The van der Waals surface area contributed by atoms with Gasteiger partial charge in [-0.1, -0.05) is 18.2 Å². The van der Waals surface area contributed by atoms with Crippen LogP contribution in [-0.2, 0) is 4.79 Å². The van der Waals surface area contributed by atoms with Crippen LogP contribution in [-0.4, -0.2) is 54.5 Å². The van der Waals surface area contributed by atoms with Gasteiger partial charge in [-0.15, -0.1) is 0 Å². The van der Waals surface area contributed by atoms with Crippen LogP contribution in [0.5, 0.6) is 11.5 Å². The average molecular weight is 399 g/mol. The molecule has 0 fully saturated rings. The molecule has 2 rings (SSSR count). The molecule has 7 heteroatoms.